The SMILES string of the molecule is Fc1ccc(C(Cl)c2cc(C(F)(F)F)ccc2Br)cc1Br. The van der Waals surface area contributed by atoms with Crippen molar-refractivity contribution in [3.8, 4) is 0 Å². The van der Waals surface area contributed by atoms with Gasteiger partial charge in [-0.1, -0.05) is 22.0 Å². The van der Waals surface area contributed by atoms with Gasteiger partial charge in [-0.05, 0) is 57.4 Å². The van der Waals surface area contributed by atoms with Gasteiger partial charge in [-0.15, -0.1) is 11.6 Å². The lowest BCUT2D eigenvalue weighted by Crippen LogP contribution is -2.06. The van der Waals surface area contributed by atoms with Crippen LogP contribution in [-0.4, -0.2) is 0 Å². The van der Waals surface area contributed by atoms with Crippen LogP contribution < -0.4 is 0 Å². The van der Waals surface area contributed by atoms with E-state index in [2.05, 4.69) is 31.9 Å². The molecule has 0 radical (unpaired) electrons. The predicted molar refractivity (Wildman–Crippen MR) is 80.9 cm³/mol. The Bertz CT molecular complexity index is 671. The maximum Gasteiger partial charge on any atom is 0.416 e. The number of hydrogen-bond donors (Lipinski definition) is 0. The fraction of sp³-hybridized carbons (Fsp3) is 0.143. The van der Waals surface area contributed by atoms with E-state index in [1.807, 2.05) is 0 Å². The largest absolute Gasteiger partial charge is 0.416 e. The molecule has 0 nitrogen and oxygen atoms in total. The smallest absolute Gasteiger partial charge is 0.206 e. The standard InChI is InChI=1S/C14H7Br2ClF4/c15-10-3-2-8(14(19,20)21)6-9(10)13(17)7-1-4-12(18)11(16)5-7/h1-6,13H. The van der Waals surface area contributed by atoms with Gasteiger partial charge in [-0.25, -0.2) is 4.39 Å². The van der Waals surface area contributed by atoms with Crippen LogP contribution in [0.1, 0.15) is 22.1 Å². The molecule has 0 amide bonds. The Hall–Kier alpha value is -0.590. The van der Waals surface area contributed by atoms with E-state index in [0.29, 0.717) is 10.0 Å². The molecule has 0 aliphatic rings. The van der Waals surface area contributed by atoms with Crippen LogP contribution >= 0.6 is 43.5 Å². The highest BCUT2D eigenvalue weighted by molar-refractivity contribution is 9.10. The zero-order valence-corrected chi connectivity index (χ0v) is 14.1. The van der Waals surface area contributed by atoms with E-state index in [1.54, 1.807) is 0 Å². The van der Waals surface area contributed by atoms with E-state index in [1.165, 1.54) is 24.3 Å². The second kappa shape index (κ2) is 6.26. The van der Waals surface area contributed by atoms with Crippen molar-refractivity contribution in [1.29, 1.82) is 0 Å². The molecule has 2 aromatic carbocycles. The van der Waals surface area contributed by atoms with E-state index in [-0.39, 0.29) is 10.0 Å². The maximum atomic E-state index is 13.2. The first-order valence-electron chi connectivity index (χ1n) is 5.66. The average Bonchev–Trinajstić information content (AvgIpc) is 2.40. The van der Waals surface area contributed by atoms with Crippen LogP contribution in [0.2, 0.25) is 0 Å². The summed E-state index contributed by atoms with van der Waals surface area (Å²) < 4.78 is 52.2. The maximum absolute atomic E-state index is 13.2. The molecule has 0 aromatic heterocycles. The Balaban J connectivity index is 2.47. The topological polar surface area (TPSA) is 0 Å². The van der Waals surface area contributed by atoms with Crippen LogP contribution in [0.15, 0.2) is 45.3 Å². The van der Waals surface area contributed by atoms with E-state index in [9.17, 15) is 17.6 Å². The summed E-state index contributed by atoms with van der Waals surface area (Å²) in [6, 6.07) is 7.34. The van der Waals surface area contributed by atoms with Gasteiger partial charge in [0.15, 0.2) is 0 Å². The molecule has 0 saturated heterocycles. The summed E-state index contributed by atoms with van der Waals surface area (Å²) in [7, 11) is 0. The van der Waals surface area contributed by atoms with Gasteiger partial charge >= 0.3 is 6.18 Å². The quantitative estimate of drug-likeness (QED) is 0.356. The molecule has 21 heavy (non-hydrogen) atoms. The van der Waals surface area contributed by atoms with Crippen LogP contribution in [0.4, 0.5) is 17.6 Å². The van der Waals surface area contributed by atoms with Gasteiger partial charge in [0.05, 0.1) is 15.4 Å². The van der Waals surface area contributed by atoms with Crippen LogP contribution in [0.25, 0.3) is 0 Å². The Labute approximate surface area is 140 Å². The molecule has 0 fully saturated rings. The number of rotatable bonds is 2. The average molecular weight is 446 g/mol. The fourth-order valence-corrected chi connectivity index (χ4v) is 3.08. The normalized spacial score (nSPS) is 13.3. The number of hydrogen-bond acceptors (Lipinski definition) is 0. The van der Waals surface area contributed by atoms with Crippen molar-refractivity contribution in [2.45, 2.75) is 11.6 Å². The molecule has 0 aliphatic heterocycles. The Morgan fingerprint density at radius 2 is 1.62 bits per heavy atom. The minimum Gasteiger partial charge on any atom is -0.206 e. The lowest BCUT2D eigenvalue weighted by atomic mass is 10.0. The van der Waals surface area contributed by atoms with Gasteiger partial charge in [-0.2, -0.15) is 13.2 Å². The summed E-state index contributed by atoms with van der Waals surface area (Å²) >= 11 is 12.5. The van der Waals surface area contributed by atoms with E-state index in [4.69, 9.17) is 11.6 Å². The van der Waals surface area contributed by atoms with Crippen LogP contribution in [0.3, 0.4) is 0 Å². The Kier molecular flexibility index (Phi) is 5.00. The molecule has 112 valence electrons. The van der Waals surface area contributed by atoms with Crippen molar-refractivity contribution in [3.05, 3.63) is 67.9 Å². The van der Waals surface area contributed by atoms with Gasteiger partial charge in [0.2, 0.25) is 0 Å². The highest BCUT2D eigenvalue weighted by Gasteiger charge is 2.31. The first-order chi connectivity index (χ1) is 9.70. The Morgan fingerprint density at radius 1 is 0.952 bits per heavy atom. The summed E-state index contributed by atoms with van der Waals surface area (Å²) in [6.45, 7) is 0. The summed E-state index contributed by atoms with van der Waals surface area (Å²) in [4.78, 5) is 0. The van der Waals surface area contributed by atoms with E-state index < -0.39 is 22.9 Å². The molecule has 0 spiro atoms. The lowest BCUT2D eigenvalue weighted by molar-refractivity contribution is -0.137. The van der Waals surface area contributed by atoms with Crippen LogP contribution in [0.5, 0.6) is 0 Å². The molecule has 0 saturated carbocycles. The molecule has 1 unspecified atom stereocenters. The molecular weight excluding hydrogens is 439 g/mol. The second-order valence-electron chi connectivity index (χ2n) is 4.27. The molecular formula is C14H7Br2ClF4. The Morgan fingerprint density at radius 3 is 2.19 bits per heavy atom. The van der Waals surface area contributed by atoms with Crippen molar-refractivity contribution >= 4 is 43.5 Å². The summed E-state index contributed by atoms with van der Waals surface area (Å²) in [5, 5.41) is -0.835. The zero-order valence-electron chi connectivity index (χ0n) is 10.2. The molecule has 2 rings (SSSR count). The third-order valence-electron chi connectivity index (χ3n) is 2.83. The number of halogens is 7. The minimum atomic E-state index is -4.45. The van der Waals surface area contributed by atoms with Crippen molar-refractivity contribution in [1.82, 2.24) is 0 Å². The molecule has 0 aliphatic carbocycles. The zero-order chi connectivity index (χ0) is 15.8. The lowest BCUT2D eigenvalue weighted by Gasteiger charge is -2.15. The highest BCUT2D eigenvalue weighted by atomic mass is 79.9. The van der Waals surface area contributed by atoms with Crippen molar-refractivity contribution in [2.24, 2.45) is 0 Å². The van der Waals surface area contributed by atoms with Gasteiger partial charge < -0.3 is 0 Å². The second-order valence-corrected chi connectivity index (χ2v) is 6.42. The van der Waals surface area contributed by atoms with Gasteiger partial charge in [0.1, 0.15) is 5.82 Å². The van der Waals surface area contributed by atoms with Gasteiger partial charge in [0.25, 0.3) is 0 Å². The number of benzene rings is 2. The summed E-state index contributed by atoms with van der Waals surface area (Å²) in [6.07, 6.45) is -4.45. The van der Waals surface area contributed by atoms with Crippen molar-refractivity contribution in [3.63, 3.8) is 0 Å². The van der Waals surface area contributed by atoms with E-state index >= 15 is 0 Å². The van der Waals surface area contributed by atoms with E-state index in [0.717, 1.165) is 12.1 Å². The highest BCUT2D eigenvalue weighted by Crippen LogP contribution is 2.39. The summed E-state index contributed by atoms with van der Waals surface area (Å²) in [5.41, 5.74) is -0.0255. The van der Waals surface area contributed by atoms with Crippen LogP contribution in [-0.2, 0) is 6.18 Å². The molecule has 2 aromatic rings. The van der Waals surface area contributed by atoms with Gasteiger partial charge in [0, 0.05) is 4.47 Å². The van der Waals surface area contributed by atoms with Crippen molar-refractivity contribution < 1.29 is 17.6 Å². The molecule has 7 heteroatoms. The summed E-state index contributed by atoms with van der Waals surface area (Å²) in [5.74, 6) is -0.467. The van der Waals surface area contributed by atoms with Gasteiger partial charge in [-0.3, -0.25) is 0 Å². The van der Waals surface area contributed by atoms with Crippen LogP contribution in [0, 0.1) is 5.82 Å². The predicted octanol–water partition coefficient (Wildman–Crippen LogP) is 6.70. The molecule has 0 N–H and O–H groups in total. The minimum absolute atomic E-state index is 0.203. The first kappa shape index (κ1) is 16.8. The molecule has 0 heterocycles. The number of alkyl halides is 4. The molecule has 1 atom stereocenters. The third-order valence-corrected chi connectivity index (χ3v) is 4.65. The third kappa shape index (κ3) is 3.79. The fourth-order valence-electron chi connectivity index (χ4n) is 1.76. The first-order valence-corrected chi connectivity index (χ1v) is 7.68. The monoisotopic (exact) mass is 444 g/mol. The van der Waals surface area contributed by atoms with Crippen molar-refractivity contribution in [2.75, 3.05) is 0 Å². The molecule has 0 bridgehead atoms.